The summed E-state index contributed by atoms with van der Waals surface area (Å²) in [5.74, 6) is -1.38. The van der Waals surface area contributed by atoms with Crippen LogP contribution < -0.4 is 20.1 Å². The second kappa shape index (κ2) is 10.7. The molecule has 0 aliphatic carbocycles. The third-order valence-electron chi connectivity index (χ3n) is 4.13. The SMILES string of the molecule is CC(NC(=O)Nc1cnc(C(F)(F)F)cc1OCC(F)(F)F)c1ncnn1-c1ncc(OC(F)F)cn1. The van der Waals surface area contributed by atoms with Crippen LogP contribution in [0.25, 0.3) is 5.95 Å². The highest BCUT2D eigenvalue weighted by molar-refractivity contribution is 5.90. The number of aromatic nitrogens is 6. The van der Waals surface area contributed by atoms with E-state index in [9.17, 15) is 39.9 Å². The molecule has 3 aromatic heterocycles. The number of carbonyl (C=O) groups excluding carboxylic acids is 1. The smallest absolute Gasteiger partial charge is 0.433 e. The van der Waals surface area contributed by atoms with Gasteiger partial charge in [0.25, 0.3) is 5.95 Å². The van der Waals surface area contributed by atoms with E-state index >= 15 is 0 Å². The first kappa shape index (κ1) is 27.3. The minimum absolute atomic E-state index is 0.0248. The number of nitrogens with one attached hydrogen (secondary N) is 2. The molecular weight excluding hydrogens is 528 g/mol. The van der Waals surface area contributed by atoms with Crippen LogP contribution in [0, 0.1) is 0 Å². The number of anilines is 1. The van der Waals surface area contributed by atoms with Crippen LogP contribution in [0.4, 0.5) is 45.6 Å². The predicted molar refractivity (Wildman–Crippen MR) is 105 cm³/mol. The van der Waals surface area contributed by atoms with E-state index in [-0.39, 0.29) is 23.6 Å². The molecule has 3 rings (SSSR count). The van der Waals surface area contributed by atoms with Crippen molar-refractivity contribution in [1.82, 2.24) is 35.0 Å². The maximum atomic E-state index is 12.9. The molecule has 0 aromatic carbocycles. The molecule has 3 aromatic rings. The Morgan fingerprint density at radius 1 is 1.05 bits per heavy atom. The number of ether oxygens (including phenoxy) is 2. The fourth-order valence-corrected chi connectivity index (χ4v) is 2.67. The summed E-state index contributed by atoms with van der Waals surface area (Å²) in [7, 11) is 0. The highest BCUT2D eigenvalue weighted by atomic mass is 19.4. The Bertz CT molecular complexity index is 1220. The summed E-state index contributed by atoms with van der Waals surface area (Å²) >= 11 is 0. The van der Waals surface area contributed by atoms with Gasteiger partial charge in [0.05, 0.1) is 24.6 Å². The zero-order chi connectivity index (χ0) is 27.4. The molecule has 0 aliphatic heterocycles. The number of rotatable bonds is 8. The lowest BCUT2D eigenvalue weighted by Crippen LogP contribution is -2.33. The second-order valence-corrected chi connectivity index (χ2v) is 6.91. The second-order valence-electron chi connectivity index (χ2n) is 6.91. The fraction of sp³-hybridized carbons (Fsp3) is 0.333. The number of carbonyl (C=O) groups is 1. The molecule has 1 unspecified atom stereocenters. The normalized spacial score (nSPS) is 12.8. The molecule has 0 saturated heterocycles. The van der Waals surface area contributed by atoms with Crippen LogP contribution in [0.3, 0.4) is 0 Å². The average Bonchev–Trinajstić information content (AvgIpc) is 3.27. The Labute approximate surface area is 200 Å². The summed E-state index contributed by atoms with van der Waals surface area (Å²) in [6, 6.07) is -1.85. The maximum absolute atomic E-state index is 12.9. The first-order chi connectivity index (χ1) is 17.2. The Kier molecular flexibility index (Phi) is 7.92. The van der Waals surface area contributed by atoms with Crippen molar-refractivity contribution < 1.29 is 49.4 Å². The molecule has 0 saturated carbocycles. The molecule has 37 heavy (non-hydrogen) atoms. The molecule has 0 radical (unpaired) electrons. The molecule has 200 valence electrons. The van der Waals surface area contributed by atoms with Gasteiger partial charge in [0.1, 0.15) is 23.5 Å². The van der Waals surface area contributed by atoms with Crippen molar-refractivity contribution in [2.24, 2.45) is 0 Å². The Hall–Kier alpha value is -4.32. The Morgan fingerprint density at radius 3 is 2.32 bits per heavy atom. The van der Waals surface area contributed by atoms with Crippen LogP contribution in [0.2, 0.25) is 0 Å². The highest BCUT2D eigenvalue weighted by Crippen LogP contribution is 2.34. The molecule has 1 atom stereocenters. The van der Waals surface area contributed by atoms with E-state index in [0.29, 0.717) is 6.20 Å². The molecular formula is C18H14F8N8O3. The van der Waals surface area contributed by atoms with E-state index in [2.05, 4.69) is 45.1 Å². The maximum Gasteiger partial charge on any atom is 0.433 e. The van der Waals surface area contributed by atoms with Gasteiger partial charge in [-0.3, -0.25) is 0 Å². The molecule has 2 N–H and O–H groups in total. The fourth-order valence-electron chi connectivity index (χ4n) is 2.67. The molecule has 19 heteroatoms. The molecule has 3 heterocycles. The van der Waals surface area contributed by atoms with Crippen molar-refractivity contribution in [1.29, 1.82) is 0 Å². The first-order valence-electron chi connectivity index (χ1n) is 9.74. The van der Waals surface area contributed by atoms with Crippen molar-refractivity contribution in [3.8, 4) is 17.4 Å². The standard InChI is InChI=1S/C18H14F8N8O3/c1-8(13-30-7-31-34(13)15-28-3-9(4-29-15)37-14(19)20)32-16(35)33-10-5-27-12(18(24,25)26)2-11(10)36-6-17(21,22)23/h2-5,7-8,14H,6H2,1H3,(H2,32,33,35). The minimum atomic E-state index is -4.98. The topological polar surface area (TPSA) is 129 Å². The van der Waals surface area contributed by atoms with E-state index < -0.39 is 54.8 Å². The summed E-state index contributed by atoms with van der Waals surface area (Å²) < 4.78 is 110. The Balaban J connectivity index is 1.74. The zero-order valence-electron chi connectivity index (χ0n) is 18.2. The minimum Gasteiger partial charge on any atom is -0.482 e. The first-order valence-corrected chi connectivity index (χ1v) is 9.74. The number of nitrogens with zero attached hydrogens (tertiary/aromatic N) is 6. The van der Waals surface area contributed by atoms with Gasteiger partial charge in [0.2, 0.25) is 0 Å². The molecule has 0 aliphatic rings. The summed E-state index contributed by atoms with van der Waals surface area (Å²) in [5.41, 5.74) is -2.12. The summed E-state index contributed by atoms with van der Waals surface area (Å²) in [6.07, 6.45) is -6.44. The molecule has 0 fully saturated rings. The predicted octanol–water partition coefficient (Wildman–Crippen LogP) is 3.90. The summed E-state index contributed by atoms with van der Waals surface area (Å²) in [4.78, 5) is 27.0. The van der Waals surface area contributed by atoms with Crippen LogP contribution >= 0.6 is 0 Å². The van der Waals surface area contributed by atoms with E-state index in [1.54, 1.807) is 0 Å². The summed E-state index contributed by atoms with van der Waals surface area (Å²) in [5, 5.41) is 8.26. The summed E-state index contributed by atoms with van der Waals surface area (Å²) in [6.45, 7) is -3.62. The highest BCUT2D eigenvalue weighted by Gasteiger charge is 2.35. The van der Waals surface area contributed by atoms with Gasteiger partial charge in [-0.15, -0.1) is 0 Å². The number of hydrogen-bond donors (Lipinski definition) is 2. The number of alkyl halides is 8. The van der Waals surface area contributed by atoms with Crippen LogP contribution in [0.5, 0.6) is 11.5 Å². The molecule has 0 spiro atoms. The molecule has 11 nitrogen and oxygen atoms in total. The zero-order valence-corrected chi connectivity index (χ0v) is 18.2. The van der Waals surface area contributed by atoms with Crippen molar-refractivity contribution in [2.75, 3.05) is 11.9 Å². The van der Waals surface area contributed by atoms with E-state index in [4.69, 9.17) is 0 Å². The van der Waals surface area contributed by atoms with E-state index in [1.807, 2.05) is 0 Å². The van der Waals surface area contributed by atoms with Crippen molar-refractivity contribution in [2.45, 2.75) is 31.9 Å². The van der Waals surface area contributed by atoms with Crippen LogP contribution in [-0.4, -0.2) is 55.1 Å². The van der Waals surface area contributed by atoms with E-state index in [0.717, 1.165) is 23.4 Å². The van der Waals surface area contributed by atoms with Gasteiger partial charge < -0.3 is 20.1 Å². The van der Waals surface area contributed by atoms with Gasteiger partial charge in [-0.05, 0) is 6.92 Å². The lowest BCUT2D eigenvalue weighted by molar-refractivity contribution is -0.153. The quantitative estimate of drug-likeness (QED) is 0.411. The van der Waals surface area contributed by atoms with Crippen LogP contribution in [-0.2, 0) is 6.18 Å². The number of urea groups is 1. The van der Waals surface area contributed by atoms with Gasteiger partial charge in [0.15, 0.2) is 18.2 Å². The number of halogens is 8. The van der Waals surface area contributed by atoms with Crippen molar-refractivity contribution >= 4 is 11.7 Å². The lowest BCUT2D eigenvalue weighted by Gasteiger charge is -2.17. The molecule has 2 amide bonds. The van der Waals surface area contributed by atoms with Gasteiger partial charge in [0, 0.05) is 6.07 Å². The van der Waals surface area contributed by atoms with Gasteiger partial charge >= 0.3 is 25.0 Å². The Morgan fingerprint density at radius 2 is 1.73 bits per heavy atom. The van der Waals surface area contributed by atoms with Gasteiger partial charge in [-0.1, -0.05) is 0 Å². The number of amides is 2. The van der Waals surface area contributed by atoms with Crippen molar-refractivity contribution in [3.63, 3.8) is 0 Å². The average molecular weight is 542 g/mol. The van der Waals surface area contributed by atoms with Gasteiger partial charge in [-0.2, -0.15) is 44.9 Å². The largest absolute Gasteiger partial charge is 0.482 e. The third-order valence-corrected chi connectivity index (χ3v) is 4.13. The van der Waals surface area contributed by atoms with Crippen LogP contribution in [0.1, 0.15) is 24.5 Å². The monoisotopic (exact) mass is 542 g/mol. The third kappa shape index (κ3) is 7.58. The molecule has 0 bridgehead atoms. The van der Waals surface area contributed by atoms with Crippen molar-refractivity contribution in [3.05, 3.63) is 42.5 Å². The number of hydrogen-bond acceptors (Lipinski definition) is 8. The van der Waals surface area contributed by atoms with Crippen LogP contribution in [0.15, 0.2) is 31.0 Å². The van der Waals surface area contributed by atoms with Gasteiger partial charge in [-0.25, -0.2) is 24.7 Å². The number of pyridine rings is 1. The lowest BCUT2D eigenvalue weighted by atomic mass is 10.3. The van der Waals surface area contributed by atoms with E-state index in [1.165, 1.54) is 6.92 Å².